The second-order valence-electron chi connectivity index (χ2n) is 9.87. The summed E-state index contributed by atoms with van der Waals surface area (Å²) in [5, 5.41) is 8.68. The molecule has 2 heterocycles. The summed E-state index contributed by atoms with van der Waals surface area (Å²) in [5.41, 5.74) is 2.67. The third-order valence-corrected chi connectivity index (χ3v) is 7.16. The van der Waals surface area contributed by atoms with Crippen molar-refractivity contribution in [1.29, 1.82) is 0 Å². The van der Waals surface area contributed by atoms with E-state index in [0.717, 1.165) is 56.3 Å². The Morgan fingerprint density at radius 3 is 2.62 bits per heavy atom. The Kier molecular flexibility index (Phi) is 7.86. The number of fused-ring (bicyclic) bond motifs is 1. The fourth-order valence-electron chi connectivity index (χ4n) is 4.82. The molecule has 1 saturated carbocycles. The molecule has 0 spiro atoms. The Labute approximate surface area is 217 Å². The molecule has 1 unspecified atom stereocenters. The third kappa shape index (κ3) is 6.03. The number of nitrogens with one attached hydrogen (secondary N) is 1. The van der Waals surface area contributed by atoms with Crippen LogP contribution in [0.3, 0.4) is 0 Å². The number of hydrogen-bond donors (Lipinski definition) is 1. The van der Waals surface area contributed by atoms with Crippen molar-refractivity contribution in [3.63, 3.8) is 0 Å². The smallest absolute Gasteiger partial charge is 0.331 e. The van der Waals surface area contributed by atoms with Gasteiger partial charge in [0.25, 0.3) is 5.91 Å². The topological polar surface area (TPSA) is 82.5 Å². The molecule has 1 saturated heterocycles. The van der Waals surface area contributed by atoms with Crippen LogP contribution >= 0.6 is 0 Å². The van der Waals surface area contributed by atoms with Gasteiger partial charge in [-0.05, 0) is 61.6 Å². The summed E-state index contributed by atoms with van der Waals surface area (Å²) in [7, 11) is 1.39. The van der Waals surface area contributed by atoms with Crippen molar-refractivity contribution in [1.82, 2.24) is 15.1 Å². The van der Waals surface area contributed by atoms with Crippen LogP contribution in [-0.4, -0.2) is 48.5 Å². The van der Waals surface area contributed by atoms with E-state index in [9.17, 15) is 9.59 Å². The van der Waals surface area contributed by atoms with Crippen molar-refractivity contribution < 1.29 is 19.1 Å². The van der Waals surface area contributed by atoms with Gasteiger partial charge in [0.2, 0.25) is 0 Å². The van der Waals surface area contributed by atoms with E-state index >= 15 is 0 Å². The van der Waals surface area contributed by atoms with Crippen molar-refractivity contribution >= 4 is 22.8 Å². The normalized spacial score (nSPS) is 16.6. The van der Waals surface area contributed by atoms with E-state index in [1.165, 1.54) is 7.11 Å². The first-order chi connectivity index (χ1) is 18.1. The minimum atomic E-state index is -0.701. The molecule has 2 aromatic carbocycles. The Hall–Kier alpha value is -3.63. The van der Waals surface area contributed by atoms with Crippen LogP contribution in [0.1, 0.15) is 59.8 Å². The standard InChI is InChI=1S/C30H33N3O4/c1-36-30(35)27(20-23-6-3-2-4-7-23)33-26(13-12-21-10-11-21)24-8-5-9-25(28(24)32-33)29(34)31-17-14-22-15-18-37-19-16-22/h2-9,21-22,27H,10-11,14-20H2,1H3,(H,31,34). The van der Waals surface area contributed by atoms with Gasteiger partial charge in [-0.3, -0.25) is 4.79 Å². The second kappa shape index (κ2) is 11.6. The Morgan fingerprint density at radius 1 is 1.11 bits per heavy atom. The van der Waals surface area contributed by atoms with Gasteiger partial charge < -0.3 is 14.8 Å². The maximum absolute atomic E-state index is 13.2. The zero-order chi connectivity index (χ0) is 25.6. The van der Waals surface area contributed by atoms with Gasteiger partial charge in [-0.25, -0.2) is 9.48 Å². The number of ether oxygens (including phenoxy) is 2. The Morgan fingerprint density at radius 2 is 1.89 bits per heavy atom. The van der Waals surface area contributed by atoms with Crippen molar-refractivity contribution in [2.24, 2.45) is 11.8 Å². The fourth-order valence-corrected chi connectivity index (χ4v) is 4.82. The molecule has 3 aromatic rings. The highest BCUT2D eigenvalue weighted by Crippen LogP contribution is 2.30. The number of esters is 1. The molecule has 1 aliphatic heterocycles. The van der Waals surface area contributed by atoms with Crippen LogP contribution in [0, 0.1) is 23.7 Å². The maximum atomic E-state index is 13.2. The highest BCUT2D eigenvalue weighted by atomic mass is 16.5. The molecule has 2 aliphatic rings. The monoisotopic (exact) mass is 499 g/mol. The minimum absolute atomic E-state index is 0.165. The van der Waals surface area contributed by atoms with Crippen LogP contribution in [0.25, 0.3) is 10.9 Å². The maximum Gasteiger partial charge on any atom is 0.331 e. The van der Waals surface area contributed by atoms with E-state index in [4.69, 9.17) is 14.6 Å². The van der Waals surface area contributed by atoms with Gasteiger partial charge in [0.15, 0.2) is 6.04 Å². The first-order valence-electron chi connectivity index (χ1n) is 13.1. The van der Waals surface area contributed by atoms with Gasteiger partial charge in [-0.15, -0.1) is 0 Å². The first kappa shape index (κ1) is 25.0. The highest BCUT2D eigenvalue weighted by molar-refractivity contribution is 6.06. The fraction of sp³-hybridized carbons (Fsp3) is 0.433. The molecule has 7 nitrogen and oxygen atoms in total. The lowest BCUT2D eigenvalue weighted by atomic mass is 9.96. The number of rotatable bonds is 8. The summed E-state index contributed by atoms with van der Waals surface area (Å²) in [5.74, 6) is 7.00. The molecule has 1 atom stereocenters. The number of aromatic nitrogens is 2. The average molecular weight is 500 g/mol. The van der Waals surface area contributed by atoms with Gasteiger partial charge in [-0.2, -0.15) is 5.10 Å². The number of carbonyl (C=O) groups excluding carboxylic acids is 2. The summed E-state index contributed by atoms with van der Waals surface area (Å²) in [4.78, 5) is 26.2. The molecule has 5 rings (SSSR count). The number of amides is 1. The minimum Gasteiger partial charge on any atom is -0.467 e. The number of methoxy groups -OCH3 is 1. The van der Waals surface area contributed by atoms with E-state index in [1.807, 2.05) is 42.5 Å². The Bertz CT molecular complexity index is 1310. The lowest BCUT2D eigenvalue weighted by Gasteiger charge is -2.21. The summed E-state index contributed by atoms with van der Waals surface area (Å²) in [6.45, 7) is 2.20. The zero-order valence-corrected chi connectivity index (χ0v) is 21.2. The molecule has 2 fully saturated rings. The van der Waals surface area contributed by atoms with E-state index < -0.39 is 12.0 Å². The first-order valence-corrected chi connectivity index (χ1v) is 13.1. The second-order valence-corrected chi connectivity index (χ2v) is 9.87. The molecule has 1 N–H and O–H groups in total. The SMILES string of the molecule is COC(=O)C(Cc1ccccc1)n1nc2c(C(=O)NCCC3CCOCC3)cccc2c1C#CC1CC1. The van der Waals surface area contributed by atoms with E-state index in [1.54, 1.807) is 10.7 Å². The van der Waals surface area contributed by atoms with Gasteiger partial charge in [0.05, 0.1) is 12.7 Å². The van der Waals surface area contributed by atoms with Crippen molar-refractivity contribution in [3.05, 3.63) is 65.4 Å². The molecule has 0 radical (unpaired) electrons. The number of nitrogens with zero attached hydrogens (tertiary/aromatic N) is 2. The predicted octanol–water partition coefficient (Wildman–Crippen LogP) is 4.30. The average Bonchev–Trinajstić information content (AvgIpc) is 3.70. The van der Waals surface area contributed by atoms with E-state index in [0.29, 0.717) is 41.6 Å². The molecular formula is C30H33N3O4. The number of hydrogen-bond acceptors (Lipinski definition) is 5. The van der Waals surface area contributed by atoms with Crippen LogP contribution in [-0.2, 0) is 20.7 Å². The molecule has 0 bridgehead atoms. The lowest BCUT2D eigenvalue weighted by molar-refractivity contribution is -0.144. The van der Waals surface area contributed by atoms with E-state index in [2.05, 4.69) is 17.2 Å². The highest BCUT2D eigenvalue weighted by Gasteiger charge is 2.28. The molecule has 37 heavy (non-hydrogen) atoms. The van der Waals surface area contributed by atoms with Crippen LogP contribution in [0.15, 0.2) is 48.5 Å². The summed E-state index contributed by atoms with van der Waals surface area (Å²) in [6, 6.07) is 14.6. The molecule has 192 valence electrons. The number of carbonyl (C=O) groups is 2. The van der Waals surface area contributed by atoms with Crippen LogP contribution in [0.4, 0.5) is 0 Å². The molecule has 1 aromatic heterocycles. The number of benzene rings is 2. The molecule has 1 aliphatic carbocycles. The quantitative estimate of drug-likeness (QED) is 0.369. The van der Waals surface area contributed by atoms with Crippen LogP contribution < -0.4 is 5.32 Å². The van der Waals surface area contributed by atoms with Crippen molar-refractivity contribution in [3.8, 4) is 11.8 Å². The van der Waals surface area contributed by atoms with Gasteiger partial charge in [-0.1, -0.05) is 42.3 Å². The molecule has 7 heteroatoms. The third-order valence-electron chi connectivity index (χ3n) is 7.16. The Balaban J connectivity index is 1.47. The zero-order valence-electron chi connectivity index (χ0n) is 21.2. The van der Waals surface area contributed by atoms with Gasteiger partial charge in [0, 0.05) is 37.5 Å². The molecule has 1 amide bonds. The van der Waals surface area contributed by atoms with Gasteiger partial charge >= 0.3 is 5.97 Å². The van der Waals surface area contributed by atoms with Crippen molar-refractivity contribution in [2.45, 2.75) is 44.6 Å². The van der Waals surface area contributed by atoms with Crippen LogP contribution in [0.5, 0.6) is 0 Å². The summed E-state index contributed by atoms with van der Waals surface area (Å²) < 4.78 is 12.3. The summed E-state index contributed by atoms with van der Waals surface area (Å²) >= 11 is 0. The summed E-state index contributed by atoms with van der Waals surface area (Å²) in [6.07, 6.45) is 5.59. The van der Waals surface area contributed by atoms with Crippen LogP contribution in [0.2, 0.25) is 0 Å². The molecular weight excluding hydrogens is 466 g/mol. The van der Waals surface area contributed by atoms with Gasteiger partial charge in [0.1, 0.15) is 11.2 Å². The predicted molar refractivity (Wildman–Crippen MR) is 141 cm³/mol. The largest absolute Gasteiger partial charge is 0.467 e. The lowest BCUT2D eigenvalue weighted by Crippen LogP contribution is -2.28. The van der Waals surface area contributed by atoms with E-state index in [-0.39, 0.29) is 5.91 Å². The van der Waals surface area contributed by atoms with Crippen molar-refractivity contribution in [2.75, 3.05) is 26.9 Å².